The number of ether oxygens (including phenoxy) is 1. The monoisotopic (exact) mass is 407 g/mol. The second kappa shape index (κ2) is 7.32. The van der Waals surface area contributed by atoms with E-state index in [2.05, 4.69) is 27.9 Å². The third-order valence-electron chi connectivity index (χ3n) is 6.66. The third kappa shape index (κ3) is 3.36. The van der Waals surface area contributed by atoms with Gasteiger partial charge in [-0.15, -0.1) is 0 Å². The molecular weight excluding hydrogens is 378 g/mol. The highest BCUT2D eigenvalue weighted by Gasteiger charge is 2.41. The number of aliphatic hydroxyl groups is 1. The molecule has 2 N–H and O–H groups in total. The van der Waals surface area contributed by atoms with Crippen LogP contribution in [0, 0.1) is 19.3 Å². The van der Waals surface area contributed by atoms with Gasteiger partial charge in [-0.25, -0.2) is 15.0 Å². The predicted molar refractivity (Wildman–Crippen MR) is 116 cm³/mol. The molecule has 2 aliphatic rings. The summed E-state index contributed by atoms with van der Waals surface area (Å²) in [7, 11) is 0. The minimum atomic E-state index is -0.122. The van der Waals surface area contributed by atoms with E-state index in [1.807, 2.05) is 26.0 Å². The van der Waals surface area contributed by atoms with Gasteiger partial charge in [0.15, 0.2) is 5.82 Å². The maximum absolute atomic E-state index is 10.1. The van der Waals surface area contributed by atoms with Gasteiger partial charge in [-0.3, -0.25) is 0 Å². The van der Waals surface area contributed by atoms with Crippen LogP contribution in [0.2, 0.25) is 0 Å². The van der Waals surface area contributed by atoms with E-state index < -0.39 is 0 Å². The number of aromatic amines is 1. The lowest BCUT2D eigenvalue weighted by molar-refractivity contribution is 0.0975. The van der Waals surface area contributed by atoms with Crippen LogP contribution in [0.1, 0.15) is 43.4 Å². The maximum atomic E-state index is 10.1. The number of anilines is 1. The van der Waals surface area contributed by atoms with Crippen molar-refractivity contribution >= 4 is 16.9 Å². The second-order valence-corrected chi connectivity index (χ2v) is 8.95. The Kier molecular flexibility index (Phi) is 4.75. The average molecular weight is 408 g/mol. The van der Waals surface area contributed by atoms with E-state index in [9.17, 15) is 5.11 Å². The van der Waals surface area contributed by atoms with Gasteiger partial charge in [0.25, 0.3) is 0 Å². The molecule has 0 radical (unpaired) electrons. The lowest BCUT2D eigenvalue weighted by Gasteiger charge is -2.39. The molecule has 0 unspecified atom stereocenters. The summed E-state index contributed by atoms with van der Waals surface area (Å²) in [4.78, 5) is 19.8. The van der Waals surface area contributed by atoms with Gasteiger partial charge in [0.1, 0.15) is 11.5 Å². The fourth-order valence-corrected chi connectivity index (χ4v) is 5.05. The largest absolute Gasteiger partial charge is 0.390 e. The van der Waals surface area contributed by atoms with Crippen LogP contribution in [0.25, 0.3) is 22.3 Å². The number of imidazole rings is 1. The summed E-state index contributed by atoms with van der Waals surface area (Å²) in [5.41, 5.74) is 5.54. The summed E-state index contributed by atoms with van der Waals surface area (Å²) in [5, 5.41) is 10.1. The Bertz CT molecular complexity index is 1080. The van der Waals surface area contributed by atoms with Gasteiger partial charge in [-0.2, -0.15) is 0 Å². The van der Waals surface area contributed by atoms with E-state index in [4.69, 9.17) is 14.7 Å². The maximum Gasteiger partial charge on any atom is 0.153 e. The van der Waals surface area contributed by atoms with Crippen molar-refractivity contribution in [3.8, 4) is 11.3 Å². The van der Waals surface area contributed by atoms with Gasteiger partial charge in [0, 0.05) is 18.7 Å². The van der Waals surface area contributed by atoms with E-state index in [0.717, 1.165) is 78.6 Å². The third-order valence-corrected chi connectivity index (χ3v) is 6.66. The van der Waals surface area contributed by atoms with Crippen LogP contribution in [-0.2, 0) is 11.3 Å². The van der Waals surface area contributed by atoms with Crippen molar-refractivity contribution in [2.24, 2.45) is 5.41 Å². The normalized spacial score (nSPS) is 21.1. The van der Waals surface area contributed by atoms with E-state index in [0.29, 0.717) is 17.2 Å². The van der Waals surface area contributed by atoms with Crippen LogP contribution in [-0.4, -0.2) is 50.8 Å². The molecule has 1 atom stereocenters. The van der Waals surface area contributed by atoms with Crippen LogP contribution in [0.3, 0.4) is 0 Å². The number of hydrogen-bond donors (Lipinski definition) is 2. The first-order valence-electron chi connectivity index (χ1n) is 10.8. The van der Waals surface area contributed by atoms with Crippen molar-refractivity contribution in [2.75, 3.05) is 24.6 Å². The zero-order chi connectivity index (χ0) is 20.9. The topological polar surface area (TPSA) is 87.2 Å². The Morgan fingerprint density at radius 1 is 1.20 bits per heavy atom. The Morgan fingerprint density at radius 2 is 2.00 bits per heavy atom. The van der Waals surface area contributed by atoms with Crippen molar-refractivity contribution in [3.05, 3.63) is 35.4 Å². The summed E-state index contributed by atoms with van der Waals surface area (Å²) in [5.74, 6) is 1.71. The first-order chi connectivity index (χ1) is 14.5. The lowest BCUT2D eigenvalue weighted by atomic mass is 9.77. The van der Waals surface area contributed by atoms with Gasteiger partial charge in [-0.05, 0) is 57.6 Å². The van der Waals surface area contributed by atoms with Gasteiger partial charge in [-0.1, -0.05) is 6.07 Å². The Hall–Kier alpha value is -2.51. The number of nitrogens with one attached hydrogen (secondary N) is 1. The molecule has 0 aliphatic carbocycles. The lowest BCUT2D eigenvalue weighted by Crippen LogP contribution is -2.41. The zero-order valence-corrected chi connectivity index (χ0v) is 17.9. The molecule has 2 aromatic heterocycles. The van der Waals surface area contributed by atoms with Gasteiger partial charge in [0.2, 0.25) is 0 Å². The molecule has 3 aromatic rings. The SMILES string of the molecule is Cc1nc2ccc(-c3nc(CO)c(N4CCC5(CC4)CO[C@@H](C)C5)nc3C)cc2[nH]1. The number of piperidine rings is 1. The Labute approximate surface area is 176 Å². The van der Waals surface area contributed by atoms with Crippen LogP contribution in [0.4, 0.5) is 5.82 Å². The quantitative estimate of drug-likeness (QED) is 0.691. The highest BCUT2D eigenvalue weighted by molar-refractivity contribution is 5.81. The summed E-state index contributed by atoms with van der Waals surface area (Å²) in [6, 6.07) is 6.07. The van der Waals surface area contributed by atoms with E-state index in [1.165, 1.54) is 0 Å². The number of benzene rings is 1. The first-order valence-corrected chi connectivity index (χ1v) is 10.8. The smallest absolute Gasteiger partial charge is 0.153 e. The molecule has 0 saturated carbocycles. The fourth-order valence-electron chi connectivity index (χ4n) is 5.05. The minimum absolute atomic E-state index is 0.122. The van der Waals surface area contributed by atoms with Crippen LogP contribution in [0.5, 0.6) is 0 Å². The molecule has 30 heavy (non-hydrogen) atoms. The molecular formula is C23H29N5O2. The predicted octanol–water partition coefficient (Wildman–Crippen LogP) is 3.52. The molecule has 4 heterocycles. The van der Waals surface area contributed by atoms with Crippen molar-refractivity contribution < 1.29 is 9.84 Å². The molecule has 5 rings (SSSR count). The molecule has 7 heteroatoms. The van der Waals surface area contributed by atoms with Crippen LogP contribution >= 0.6 is 0 Å². The first kappa shape index (κ1) is 19.5. The number of nitrogens with zero attached hydrogens (tertiary/aromatic N) is 4. The summed E-state index contributed by atoms with van der Waals surface area (Å²) in [6.45, 7) is 8.71. The molecule has 2 fully saturated rings. The molecule has 158 valence electrons. The van der Waals surface area contributed by atoms with Gasteiger partial charge < -0.3 is 19.7 Å². The number of H-pyrrole nitrogens is 1. The molecule has 2 aliphatic heterocycles. The summed E-state index contributed by atoms with van der Waals surface area (Å²) in [6.07, 6.45) is 3.70. The molecule has 0 bridgehead atoms. The van der Waals surface area contributed by atoms with Crippen molar-refractivity contribution in [1.29, 1.82) is 0 Å². The highest BCUT2D eigenvalue weighted by Crippen LogP contribution is 2.42. The summed E-state index contributed by atoms with van der Waals surface area (Å²) < 4.78 is 5.85. The van der Waals surface area contributed by atoms with Crippen LogP contribution in [0.15, 0.2) is 18.2 Å². The summed E-state index contributed by atoms with van der Waals surface area (Å²) >= 11 is 0. The molecule has 1 spiro atoms. The number of fused-ring (bicyclic) bond motifs is 1. The van der Waals surface area contributed by atoms with Crippen molar-refractivity contribution in [2.45, 2.75) is 52.7 Å². The second-order valence-electron chi connectivity index (χ2n) is 8.95. The van der Waals surface area contributed by atoms with Gasteiger partial charge >= 0.3 is 0 Å². The molecule has 2 saturated heterocycles. The van der Waals surface area contributed by atoms with Crippen LogP contribution < -0.4 is 4.90 Å². The molecule has 0 amide bonds. The zero-order valence-electron chi connectivity index (χ0n) is 17.9. The molecule has 1 aromatic carbocycles. The standard InChI is InChI=1S/C23H29N5O2/c1-14-11-23(13-30-14)6-8-28(9-7-23)22-20(12-29)27-21(15(2)24-22)17-4-5-18-19(10-17)26-16(3)25-18/h4-5,10,14,29H,6-9,11-13H2,1-3H3,(H,25,26)/t14-/m0/s1. The Morgan fingerprint density at radius 3 is 2.70 bits per heavy atom. The highest BCUT2D eigenvalue weighted by atomic mass is 16.5. The minimum Gasteiger partial charge on any atom is -0.390 e. The van der Waals surface area contributed by atoms with Crippen molar-refractivity contribution in [3.63, 3.8) is 0 Å². The fraction of sp³-hybridized carbons (Fsp3) is 0.522. The van der Waals surface area contributed by atoms with Gasteiger partial charge in [0.05, 0.1) is 41.7 Å². The average Bonchev–Trinajstić information content (AvgIpc) is 3.29. The molecule has 7 nitrogen and oxygen atoms in total. The Balaban J connectivity index is 1.44. The van der Waals surface area contributed by atoms with E-state index in [-0.39, 0.29) is 6.61 Å². The van der Waals surface area contributed by atoms with E-state index >= 15 is 0 Å². The van der Waals surface area contributed by atoms with Crippen molar-refractivity contribution in [1.82, 2.24) is 19.9 Å². The van der Waals surface area contributed by atoms with E-state index in [1.54, 1.807) is 0 Å². The number of hydrogen-bond acceptors (Lipinski definition) is 6. The number of aromatic nitrogens is 4. The number of rotatable bonds is 3. The number of aliphatic hydroxyl groups excluding tert-OH is 1. The number of aryl methyl sites for hydroxylation is 2.